The Labute approximate surface area is 333 Å². The number of carbonyl (C=O) groups is 4. The first kappa shape index (κ1) is 41.9. The molecule has 3 aromatic rings. The maximum Gasteiger partial charge on any atom is 0.251 e. The molecular weight excluding hydrogens is 725 g/mol. The standard InChI is InChI=1S/C42H52N10O5/c1-26-21-32(52-19-6-17-48-52)11-12-33(26)40(54)47-25-38(53)51(4)39-31-10-9-30(7-5-14-43)34(24-31)35-22-29(8-13-37(35)57-20-16-45)23-36(41(55)46-18-15-44)49-27(2)28(3)50-42(39)56/h6,8-13,19,21-22,24,28,36,39,48-49H,2,5,7,14,16-18,20,23,25,43,45H2,1,3-4H3,(H,46,55)(H,47,54)(H,50,56)/t28-,36?,39?/m0/s1. The van der Waals surface area contributed by atoms with Crippen molar-refractivity contribution in [2.24, 2.45) is 11.5 Å². The van der Waals surface area contributed by atoms with E-state index in [1.54, 1.807) is 13.0 Å². The zero-order valence-electron chi connectivity index (χ0n) is 32.7. The molecule has 0 radical (unpaired) electrons. The summed E-state index contributed by atoms with van der Waals surface area (Å²) in [6, 6.07) is 15.9. The van der Waals surface area contributed by atoms with Crippen molar-refractivity contribution in [3.8, 4) is 22.9 Å². The number of benzene rings is 3. The number of hydrogen-bond donors (Lipinski definition) is 7. The molecule has 15 nitrogen and oxygen atoms in total. The van der Waals surface area contributed by atoms with Crippen LogP contribution in [0, 0.1) is 18.3 Å². The Bertz CT molecular complexity index is 2060. The largest absolute Gasteiger partial charge is 0.492 e. The number of hydrogen-bond acceptors (Lipinski definition) is 11. The van der Waals surface area contributed by atoms with Crippen LogP contribution in [-0.2, 0) is 27.2 Å². The first-order chi connectivity index (χ1) is 27.4. The first-order valence-corrected chi connectivity index (χ1v) is 19.0. The Balaban J connectivity index is 1.53. The van der Waals surface area contributed by atoms with Gasteiger partial charge in [0.2, 0.25) is 17.7 Å². The predicted molar refractivity (Wildman–Crippen MR) is 218 cm³/mol. The van der Waals surface area contributed by atoms with E-state index in [1.807, 2.05) is 78.8 Å². The molecule has 2 unspecified atom stereocenters. The van der Waals surface area contributed by atoms with Crippen LogP contribution in [0.3, 0.4) is 0 Å². The molecule has 5 rings (SSSR count). The number of nitrogens with two attached hydrogens (primary N) is 2. The van der Waals surface area contributed by atoms with Crippen molar-refractivity contribution in [1.29, 1.82) is 5.26 Å². The molecule has 0 saturated carbocycles. The third kappa shape index (κ3) is 10.4. The van der Waals surface area contributed by atoms with E-state index in [0.29, 0.717) is 54.1 Å². The fraction of sp³-hybridized carbons (Fsp3) is 0.357. The number of fused-ring (bicyclic) bond motifs is 5. The van der Waals surface area contributed by atoms with Gasteiger partial charge < -0.3 is 42.4 Å². The molecule has 300 valence electrons. The average molecular weight is 777 g/mol. The lowest BCUT2D eigenvalue weighted by atomic mass is 9.89. The molecular formula is C42H52N10O5. The molecule has 0 saturated heterocycles. The maximum absolute atomic E-state index is 14.4. The van der Waals surface area contributed by atoms with Crippen molar-refractivity contribution in [3.05, 3.63) is 107 Å². The van der Waals surface area contributed by atoms with Crippen LogP contribution in [0.15, 0.2) is 79.1 Å². The number of anilines is 1. The van der Waals surface area contributed by atoms with E-state index >= 15 is 0 Å². The van der Waals surface area contributed by atoms with Crippen LogP contribution in [0.5, 0.6) is 5.75 Å². The number of rotatable bonds is 13. The summed E-state index contributed by atoms with van der Waals surface area (Å²) in [6.45, 7) is 8.79. The van der Waals surface area contributed by atoms with Crippen molar-refractivity contribution >= 4 is 29.3 Å². The number of nitrogens with zero attached hydrogens (tertiary/aromatic N) is 3. The summed E-state index contributed by atoms with van der Waals surface area (Å²) in [5.74, 6) is -1.33. The highest BCUT2D eigenvalue weighted by molar-refractivity contribution is 5.98. The number of nitriles is 1. The van der Waals surface area contributed by atoms with Crippen LogP contribution in [0.25, 0.3) is 11.1 Å². The van der Waals surface area contributed by atoms with Crippen LogP contribution >= 0.6 is 0 Å². The van der Waals surface area contributed by atoms with Crippen LogP contribution in [0.4, 0.5) is 5.69 Å². The highest BCUT2D eigenvalue weighted by atomic mass is 16.5. The number of hydrazine groups is 1. The first-order valence-electron chi connectivity index (χ1n) is 19.0. The van der Waals surface area contributed by atoms with E-state index in [1.165, 1.54) is 11.9 Å². The van der Waals surface area contributed by atoms with Crippen molar-refractivity contribution in [2.75, 3.05) is 51.4 Å². The van der Waals surface area contributed by atoms with E-state index in [4.69, 9.17) is 21.5 Å². The molecule has 4 bridgehead atoms. The Morgan fingerprint density at radius 1 is 1.05 bits per heavy atom. The summed E-state index contributed by atoms with van der Waals surface area (Å²) in [7, 11) is 1.52. The highest BCUT2D eigenvalue weighted by Gasteiger charge is 2.32. The third-order valence-corrected chi connectivity index (χ3v) is 9.94. The second-order valence-corrected chi connectivity index (χ2v) is 14.0. The molecule has 57 heavy (non-hydrogen) atoms. The summed E-state index contributed by atoms with van der Waals surface area (Å²) < 4.78 is 6.13. The zero-order chi connectivity index (χ0) is 41.1. The van der Waals surface area contributed by atoms with Gasteiger partial charge in [0.25, 0.3) is 5.91 Å². The van der Waals surface area contributed by atoms with E-state index in [0.717, 1.165) is 27.9 Å². The smallest absolute Gasteiger partial charge is 0.251 e. The fourth-order valence-corrected chi connectivity index (χ4v) is 6.82. The third-order valence-electron chi connectivity index (χ3n) is 9.94. The lowest BCUT2D eigenvalue weighted by Crippen LogP contribution is -2.51. The fourth-order valence-electron chi connectivity index (χ4n) is 6.82. The van der Waals surface area contributed by atoms with Gasteiger partial charge in [-0.15, -0.1) is 0 Å². The van der Waals surface area contributed by atoms with Crippen LogP contribution in [0.1, 0.15) is 52.0 Å². The summed E-state index contributed by atoms with van der Waals surface area (Å²) in [5, 5.41) is 22.5. The Morgan fingerprint density at radius 3 is 2.56 bits per heavy atom. The molecule has 15 heteroatoms. The van der Waals surface area contributed by atoms with Gasteiger partial charge in [-0.25, -0.2) is 5.43 Å². The van der Waals surface area contributed by atoms with Crippen molar-refractivity contribution in [1.82, 2.24) is 31.6 Å². The lowest BCUT2D eigenvalue weighted by Gasteiger charge is -2.31. The number of carbonyl (C=O) groups excluding carboxylic acids is 4. The number of amides is 4. The number of ether oxygens (including phenoxy) is 1. The molecule has 0 aromatic heterocycles. The van der Waals surface area contributed by atoms with Gasteiger partial charge in [0.1, 0.15) is 31.0 Å². The Morgan fingerprint density at radius 2 is 1.86 bits per heavy atom. The summed E-state index contributed by atoms with van der Waals surface area (Å²) >= 11 is 0. The van der Waals surface area contributed by atoms with E-state index in [-0.39, 0.29) is 32.7 Å². The molecule has 2 aliphatic heterocycles. The molecule has 3 aromatic carbocycles. The summed E-state index contributed by atoms with van der Waals surface area (Å²) in [4.78, 5) is 56.4. The normalized spacial score (nSPS) is 17.8. The monoisotopic (exact) mass is 776 g/mol. The van der Waals surface area contributed by atoms with Crippen molar-refractivity contribution in [2.45, 2.75) is 51.2 Å². The van der Waals surface area contributed by atoms with E-state index < -0.39 is 41.8 Å². The predicted octanol–water partition coefficient (Wildman–Crippen LogP) is 1.83. The van der Waals surface area contributed by atoms with Crippen molar-refractivity contribution in [3.63, 3.8) is 0 Å². The average Bonchev–Trinajstić information content (AvgIpc) is 3.75. The van der Waals surface area contributed by atoms with Gasteiger partial charge >= 0.3 is 0 Å². The lowest BCUT2D eigenvalue weighted by molar-refractivity contribution is -0.138. The van der Waals surface area contributed by atoms with Gasteiger partial charge in [0, 0.05) is 49.6 Å². The SMILES string of the molecule is C=C1NC(C(=O)NCC#N)Cc2ccc(OCCN)c(c2)-c2cc(ccc2CCCN)C(N(C)C(=O)CNC(=O)c2ccc(N3C=CCN3)cc2C)C(=O)N[C@H]1C. The molecule has 9 N–H and O–H groups in total. The maximum atomic E-state index is 14.4. The molecule has 0 spiro atoms. The number of nitrogens with one attached hydrogen (secondary N) is 5. The van der Waals surface area contributed by atoms with Gasteiger partial charge in [-0.3, -0.25) is 24.2 Å². The molecule has 3 atom stereocenters. The minimum atomic E-state index is -1.15. The molecule has 4 amide bonds. The number of likely N-dealkylation sites (N-methyl/N-ethyl adjacent to an activating group) is 1. The van der Waals surface area contributed by atoms with Crippen molar-refractivity contribution < 1.29 is 23.9 Å². The summed E-state index contributed by atoms with van der Waals surface area (Å²) in [6.07, 6.45) is 5.42. The minimum absolute atomic E-state index is 0.188. The minimum Gasteiger partial charge on any atom is -0.492 e. The molecule has 2 aliphatic rings. The quantitative estimate of drug-likeness (QED) is 0.124. The zero-order valence-corrected chi connectivity index (χ0v) is 32.7. The highest BCUT2D eigenvalue weighted by Crippen LogP contribution is 2.37. The molecule has 0 aliphatic carbocycles. The van der Waals surface area contributed by atoms with Gasteiger partial charge in [-0.1, -0.05) is 30.9 Å². The van der Waals surface area contributed by atoms with Crippen LogP contribution in [-0.4, -0.2) is 87.0 Å². The summed E-state index contributed by atoms with van der Waals surface area (Å²) in [5.41, 5.74) is 21.0. The Hall–Kier alpha value is -6.21. The second kappa shape index (κ2) is 19.6. The van der Waals surface area contributed by atoms with E-state index in [9.17, 15) is 19.2 Å². The van der Waals surface area contributed by atoms with Gasteiger partial charge in [-0.2, -0.15) is 5.26 Å². The van der Waals surface area contributed by atoms with Crippen LogP contribution < -0.4 is 47.9 Å². The van der Waals surface area contributed by atoms with Crippen LogP contribution in [0.2, 0.25) is 0 Å². The van der Waals surface area contributed by atoms with Gasteiger partial charge in [0.05, 0.1) is 24.3 Å². The molecule has 0 fully saturated rings. The Kier molecular flexibility index (Phi) is 14.4. The number of aryl methyl sites for hydroxylation is 2. The molecule has 2 heterocycles. The van der Waals surface area contributed by atoms with Gasteiger partial charge in [0.15, 0.2) is 0 Å². The van der Waals surface area contributed by atoms with E-state index in [2.05, 4.69) is 33.3 Å². The van der Waals surface area contributed by atoms with Gasteiger partial charge in [-0.05, 0) is 97.4 Å². The second-order valence-electron chi connectivity index (χ2n) is 14.0. The topological polar surface area (TPSA) is 220 Å².